The van der Waals surface area contributed by atoms with Crippen molar-refractivity contribution in [1.29, 1.82) is 5.26 Å². The third-order valence-corrected chi connectivity index (χ3v) is 5.93. The molecule has 0 saturated carbocycles. The summed E-state index contributed by atoms with van der Waals surface area (Å²) in [5.41, 5.74) is 8.57. The molecule has 4 N–H and O–H groups in total. The number of aromatic nitrogens is 5. The number of nitriles is 1. The first-order chi connectivity index (χ1) is 18.0. The summed E-state index contributed by atoms with van der Waals surface area (Å²) in [4.78, 5) is 31.5. The number of benzene rings is 2. The maximum atomic E-state index is 14.2. The number of hydrogen-bond donors (Lipinski definition) is 3. The molecule has 0 aliphatic heterocycles. The molecule has 0 radical (unpaired) electrons. The van der Waals surface area contributed by atoms with E-state index >= 15 is 0 Å². The van der Waals surface area contributed by atoms with Gasteiger partial charge in [0.15, 0.2) is 0 Å². The van der Waals surface area contributed by atoms with E-state index in [-0.39, 0.29) is 22.9 Å². The second kappa shape index (κ2) is 9.75. The van der Waals surface area contributed by atoms with E-state index in [2.05, 4.69) is 31.7 Å². The molecule has 5 aromatic rings. The largest absolute Gasteiger partial charge is 0.373 e. The zero-order valence-electron chi connectivity index (χ0n) is 20.2. The molecule has 0 unspecified atom stereocenters. The third kappa shape index (κ3) is 4.41. The van der Waals surface area contributed by atoms with Crippen molar-refractivity contribution in [2.75, 3.05) is 23.4 Å². The van der Waals surface area contributed by atoms with Crippen molar-refractivity contribution >= 4 is 28.5 Å². The van der Waals surface area contributed by atoms with Gasteiger partial charge in [0, 0.05) is 13.2 Å². The van der Waals surface area contributed by atoms with Gasteiger partial charge in [-0.05, 0) is 48.4 Å². The molecule has 0 aliphatic rings. The van der Waals surface area contributed by atoms with E-state index < -0.39 is 6.04 Å². The van der Waals surface area contributed by atoms with E-state index in [1.807, 2.05) is 67.6 Å². The highest BCUT2D eigenvalue weighted by Crippen LogP contribution is 2.29. The van der Waals surface area contributed by atoms with Crippen LogP contribution in [0.4, 0.5) is 17.6 Å². The summed E-state index contributed by atoms with van der Waals surface area (Å²) in [6.07, 6.45) is 3.06. The minimum Gasteiger partial charge on any atom is -0.373 e. The Labute approximate surface area is 212 Å². The Morgan fingerprint density at radius 3 is 2.62 bits per heavy atom. The predicted molar refractivity (Wildman–Crippen MR) is 143 cm³/mol. The lowest BCUT2D eigenvalue weighted by Crippen LogP contribution is -2.28. The van der Waals surface area contributed by atoms with Crippen LogP contribution in [-0.4, -0.2) is 31.6 Å². The van der Waals surface area contributed by atoms with Gasteiger partial charge in [0.05, 0.1) is 28.8 Å². The third-order valence-electron chi connectivity index (χ3n) is 5.93. The normalized spacial score (nSPS) is 11.6. The van der Waals surface area contributed by atoms with Gasteiger partial charge >= 0.3 is 0 Å². The van der Waals surface area contributed by atoms with Crippen molar-refractivity contribution in [3.63, 3.8) is 0 Å². The fraction of sp³-hybridized carbons (Fsp3) is 0.111. The summed E-state index contributed by atoms with van der Waals surface area (Å²) in [6, 6.07) is 20.2. The average molecular weight is 490 g/mol. The summed E-state index contributed by atoms with van der Waals surface area (Å²) in [7, 11) is 1.79. The number of nitrogens with zero attached hydrogens (tertiary/aromatic N) is 6. The lowest BCUT2D eigenvalue weighted by atomic mass is 10.0. The second-order valence-corrected chi connectivity index (χ2v) is 8.29. The molecule has 0 saturated heterocycles. The van der Waals surface area contributed by atoms with Crippen LogP contribution < -0.4 is 21.9 Å². The summed E-state index contributed by atoms with van der Waals surface area (Å²) >= 11 is 0. The van der Waals surface area contributed by atoms with Crippen LogP contribution in [0, 0.1) is 11.3 Å². The highest BCUT2D eigenvalue weighted by Gasteiger charge is 2.21. The Morgan fingerprint density at radius 2 is 1.86 bits per heavy atom. The number of anilines is 3. The number of nitrogens with two attached hydrogens (primary N) is 1. The van der Waals surface area contributed by atoms with Gasteiger partial charge in [-0.25, -0.2) is 15.0 Å². The Kier molecular flexibility index (Phi) is 6.18. The zero-order valence-corrected chi connectivity index (χ0v) is 20.2. The van der Waals surface area contributed by atoms with E-state index in [0.29, 0.717) is 28.2 Å². The van der Waals surface area contributed by atoms with Crippen LogP contribution in [-0.2, 0) is 0 Å². The number of rotatable bonds is 6. The molecule has 10 heteroatoms. The van der Waals surface area contributed by atoms with Gasteiger partial charge in [0.1, 0.15) is 29.1 Å². The molecule has 3 heterocycles. The quantitative estimate of drug-likeness (QED) is 0.323. The maximum Gasteiger partial charge on any atom is 0.266 e. The molecule has 0 spiro atoms. The van der Waals surface area contributed by atoms with Crippen LogP contribution in [0.15, 0.2) is 77.9 Å². The highest BCUT2D eigenvalue weighted by molar-refractivity contribution is 5.94. The number of nitrogens with one attached hydrogen (secondary N) is 2. The standard InChI is InChI=1S/C27H23N9O/c1-16(33-24-18(14-28)15-32-27(29)35-24)25-34-21-10-6-9-20(17-11-12-31-22(13-17)30-2)23(21)26(37)36(25)19-7-4-3-5-8-19/h3-13,15-16H,1-2H3,(H,30,31)(H3,29,32,33,35)/t16-/m1/s1. The van der Waals surface area contributed by atoms with Crippen LogP contribution in [0.2, 0.25) is 0 Å². The average Bonchev–Trinajstić information content (AvgIpc) is 2.93. The summed E-state index contributed by atoms with van der Waals surface area (Å²) in [5, 5.41) is 16.2. The Balaban J connectivity index is 1.74. The van der Waals surface area contributed by atoms with Gasteiger partial charge in [-0.2, -0.15) is 10.2 Å². The lowest BCUT2D eigenvalue weighted by molar-refractivity contribution is 0.731. The Hall–Kier alpha value is -5.30. The number of fused-ring (bicyclic) bond motifs is 1. The molecule has 5 rings (SSSR count). The molecule has 37 heavy (non-hydrogen) atoms. The molecule has 3 aromatic heterocycles. The molecular weight excluding hydrogens is 466 g/mol. The van der Waals surface area contributed by atoms with Crippen molar-refractivity contribution in [3.8, 4) is 22.9 Å². The van der Waals surface area contributed by atoms with E-state index in [1.165, 1.54) is 6.20 Å². The number of hydrogen-bond acceptors (Lipinski definition) is 9. The van der Waals surface area contributed by atoms with Crippen LogP contribution in [0.5, 0.6) is 0 Å². The first-order valence-corrected chi connectivity index (χ1v) is 11.5. The minimum absolute atomic E-state index is 0.0311. The molecule has 0 bridgehead atoms. The van der Waals surface area contributed by atoms with Crippen LogP contribution >= 0.6 is 0 Å². The van der Waals surface area contributed by atoms with Crippen LogP contribution in [0.25, 0.3) is 27.7 Å². The SMILES string of the molecule is CNc1cc(-c2cccc3nc([C@@H](C)Nc4nc(N)ncc4C#N)n(-c4ccccc4)c(=O)c23)ccn1. The minimum atomic E-state index is -0.515. The van der Waals surface area contributed by atoms with E-state index in [1.54, 1.807) is 17.8 Å². The van der Waals surface area contributed by atoms with E-state index in [9.17, 15) is 10.1 Å². The van der Waals surface area contributed by atoms with Crippen LogP contribution in [0.3, 0.4) is 0 Å². The Morgan fingerprint density at radius 1 is 1.05 bits per heavy atom. The maximum absolute atomic E-state index is 14.2. The monoisotopic (exact) mass is 489 g/mol. The summed E-state index contributed by atoms with van der Waals surface area (Å²) in [5.74, 6) is 1.44. The van der Waals surface area contributed by atoms with Gasteiger partial charge in [-0.1, -0.05) is 30.3 Å². The van der Waals surface area contributed by atoms with Crippen molar-refractivity contribution in [3.05, 3.63) is 94.8 Å². The molecule has 182 valence electrons. The number of para-hydroxylation sites is 1. The van der Waals surface area contributed by atoms with E-state index in [0.717, 1.165) is 11.1 Å². The van der Waals surface area contributed by atoms with Gasteiger partial charge in [0.2, 0.25) is 5.95 Å². The number of pyridine rings is 1. The Bertz CT molecular complexity index is 1710. The molecular formula is C27H23N9O. The smallest absolute Gasteiger partial charge is 0.266 e. The molecule has 0 fully saturated rings. The fourth-order valence-electron chi connectivity index (χ4n) is 4.20. The first kappa shape index (κ1) is 23.4. The molecule has 2 aromatic carbocycles. The molecule has 1 atom stereocenters. The summed E-state index contributed by atoms with van der Waals surface area (Å²) < 4.78 is 1.58. The topological polar surface area (TPSA) is 147 Å². The zero-order chi connectivity index (χ0) is 25.9. The molecule has 0 amide bonds. The van der Waals surface area contributed by atoms with Crippen molar-refractivity contribution in [1.82, 2.24) is 24.5 Å². The van der Waals surface area contributed by atoms with E-state index in [4.69, 9.17) is 10.7 Å². The molecule has 0 aliphatic carbocycles. The summed E-state index contributed by atoms with van der Waals surface area (Å²) in [6.45, 7) is 1.85. The van der Waals surface area contributed by atoms with Crippen molar-refractivity contribution in [2.45, 2.75) is 13.0 Å². The highest BCUT2D eigenvalue weighted by atomic mass is 16.1. The lowest BCUT2D eigenvalue weighted by Gasteiger charge is -2.21. The van der Waals surface area contributed by atoms with Crippen LogP contribution in [0.1, 0.15) is 24.4 Å². The second-order valence-electron chi connectivity index (χ2n) is 8.29. The van der Waals surface area contributed by atoms with Gasteiger partial charge in [-0.15, -0.1) is 0 Å². The van der Waals surface area contributed by atoms with Gasteiger partial charge < -0.3 is 16.4 Å². The molecule has 10 nitrogen and oxygen atoms in total. The van der Waals surface area contributed by atoms with Crippen molar-refractivity contribution in [2.24, 2.45) is 0 Å². The van der Waals surface area contributed by atoms with Gasteiger partial charge in [0.25, 0.3) is 5.56 Å². The fourth-order valence-corrected chi connectivity index (χ4v) is 4.20. The van der Waals surface area contributed by atoms with Crippen molar-refractivity contribution < 1.29 is 0 Å². The first-order valence-electron chi connectivity index (χ1n) is 11.5. The predicted octanol–water partition coefficient (Wildman–Crippen LogP) is 3.91. The number of nitrogen functional groups attached to an aromatic ring is 1. The van der Waals surface area contributed by atoms with Gasteiger partial charge in [-0.3, -0.25) is 9.36 Å².